The second-order valence-corrected chi connectivity index (χ2v) is 6.53. The Bertz CT molecular complexity index is 994. The Morgan fingerprint density at radius 3 is 2.84 bits per heavy atom. The minimum absolute atomic E-state index is 0.0997. The average molecular weight is 358 g/mol. The third-order valence-electron chi connectivity index (χ3n) is 3.68. The molecule has 7 heteroatoms. The molecule has 0 atom stereocenters. The van der Waals surface area contributed by atoms with Gasteiger partial charge in [-0.1, -0.05) is 23.5 Å². The van der Waals surface area contributed by atoms with E-state index in [-0.39, 0.29) is 23.8 Å². The number of aryl methyl sites for hydroxylation is 2. The SMILES string of the molecule is Cc1nc(-n2ccc(O)cc2=O)sc1C(=O)CCc1cccc(F)c1. The lowest BCUT2D eigenvalue weighted by molar-refractivity contribution is 0.0986. The van der Waals surface area contributed by atoms with Crippen molar-refractivity contribution in [3.63, 3.8) is 0 Å². The van der Waals surface area contributed by atoms with E-state index in [4.69, 9.17) is 0 Å². The minimum Gasteiger partial charge on any atom is -0.508 e. The van der Waals surface area contributed by atoms with Gasteiger partial charge in [0.1, 0.15) is 11.6 Å². The van der Waals surface area contributed by atoms with Crippen molar-refractivity contribution in [2.75, 3.05) is 0 Å². The van der Waals surface area contributed by atoms with Crippen LogP contribution in [0.4, 0.5) is 4.39 Å². The molecule has 2 heterocycles. The van der Waals surface area contributed by atoms with Crippen molar-refractivity contribution in [2.24, 2.45) is 0 Å². The van der Waals surface area contributed by atoms with Crippen molar-refractivity contribution in [3.8, 4) is 10.9 Å². The van der Waals surface area contributed by atoms with Crippen molar-refractivity contribution < 1.29 is 14.3 Å². The summed E-state index contributed by atoms with van der Waals surface area (Å²) in [6.07, 6.45) is 2.08. The topological polar surface area (TPSA) is 72.2 Å². The van der Waals surface area contributed by atoms with Crippen molar-refractivity contribution >= 4 is 17.1 Å². The molecule has 0 saturated heterocycles. The van der Waals surface area contributed by atoms with Crippen molar-refractivity contribution in [1.82, 2.24) is 9.55 Å². The van der Waals surface area contributed by atoms with Gasteiger partial charge in [-0.3, -0.25) is 14.2 Å². The summed E-state index contributed by atoms with van der Waals surface area (Å²) in [5.74, 6) is -0.550. The molecule has 0 amide bonds. The van der Waals surface area contributed by atoms with Gasteiger partial charge in [0.25, 0.3) is 5.56 Å². The van der Waals surface area contributed by atoms with Crippen LogP contribution in [0.25, 0.3) is 5.13 Å². The van der Waals surface area contributed by atoms with E-state index in [2.05, 4.69) is 4.98 Å². The molecule has 128 valence electrons. The van der Waals surface area contributed by atoms with Gasteiger partial charge in [-0.05, 0) is 37.1 Å². The Hall–Kier alpha value is -2.80. The predicted octanol–water partition coefficient (Wildman–Crippen LogP) is 3.26. The van der Waals surface area contributed by atoms with Crippen LogP contribution >= 0.6 is 11.3 Å². The van der Waals surface area contributed by atoms with E-state index >= 15 is 0 Å². The molecule has 0 aliphatic heterocycles. The monoisotopic (exact) mass is 358 g/mol. The standard InChI is InChI=1S/C18H15FN2O3S/c1-11-17(15(23)6-5-12-3-2-4-13(19)9-12)25-18(20-11)21-8-7-14(22)10-16(21)24/h2-4,7-10,22H,5-6H2,1H3. The van der Waals surface area contributed by atoms with E-state index in [1.54, 1.807) is 19.1 Å². The van der Waals surface area contributed by atoms with Gasteiger partial charge in [-0.25, -0.2) is 9.37 Å². The van der Waals surface area contributed by atoms with Crippen LogP contribution in [-0.2, 0) is 6.42 Å². The number of aromatic hydroxyl groups is 1. The minimum atomic E-state index is -0.424. The van der Waals surface area contributed by atoms with Crippen LogP contribution in [0.15, 0.2) is 47.4 Å². The molecule has 0 unspecified atom stereocenters. The van der Waals surface area contributed by atoms with Gasteiger partial charge in [0.15, 0.2) is 10.9 Å². The zero-order valence-electron chi connectivity index (χ0n) is 13.4. The number of ketones is 1. The molecule has 1 N–H and O–H groups in total. The summed E-state index contributed by atoms with van der Waals surface area (Å²) in [4.78, 5) is 29.1. The average Bonchev–Trinajstić information content (AvgIpc) is 2.94. The zero-order chi connectivity index (χ0) is 18.0. The first-order valence-electron chi connectivity index (χ1n) is 7.61. The number of Topliss-reactive ketones (excluding diaryl/α,β-unsaturated/α-hetero) is 1. The molecule has 25 heavy (non-hydrogen) atoms. The Balaban J connectivity index is 1.80. The number of nitrogens with zero attached hydrogens (tertiary/aromatic N) is 2. The molecule has 1 aromatic carbocycles. The largest absolute Gasteiger partial charge is 0.508 e. The van der Waals surface area contributed by atoms with E-state index in [1.165, 1.54) is 29.0 Å². The van der Waals surface area contributed by atoms with Gasteiger partial charge in [-0.2, -0.15) is 0 Å². The highest BCUT2D eigenvalue weighted by molar-refractivity contribution is 7.16. The van der Waals surface area contributed by atoms with E-state index in [0.29, 0.717) is 22.1 Å². The van der Waals surface area contributed by atoms with Gasteiger partial charge in [-0.15, -0.1) is 0 Å². The summed E-state index contributed by atoms with van der Waals surface area (Å²) in [6, 6.07) is 8.63. The number of carbonyl (C=O) groups is 1. The van der Waals surface area contributed by atoms with Crippen LogP contribution in [0.2, 0.25) is 0 Å². The van der Waals surface area contributed by atoms with Gasteiger partial charge < -0.3 is 5.11 Å². The van der Waals surface area contributed by atoms with Gasteiger partial charge in [0, 0.05) is 18.7 Å². The van der Waals surface area contributed by atoms with Crippen molar-refractivity contribution in [1.29, 1.82) is 0 Å². The molecule has 0 spiro atoms. The second kappa shape index (κ2) is 6.98. The number of thiazole rings is 1. The highest BCUT2D eigenvalue weighted by atomic mass is 32.1. The lowest BCUT2D eigenvalue weighted by atomic mass is 10.1. The molecule has 0 aliphatic rings. The number of benzene rings is 1. The molecule has 0 radical (unpaired) electrons. The summed E-state index contributed by atoms with van der Waals surface area (Å²) < 4.78 is 14.5. The molecule has 0 aliphatic carbocycles. The molecular formula is C18H15FN2O3S. The lowest BCUT2D eigenvalue weighted by Gasteiger charge is -2.01. The maximum atomic E-state index is 13.2. The number of carbonyl (C=O) groups excluding carboxylic acids is 1. The molecule has 0 fully saturated rings. The van der Waals surface area contributed by atoms with Crippen LogP contribution in [0.3, 0.4) is 0 Å². The van der Waals surface area contributed by atoms with Gasteiger partial charge in [0.2, 0.25) is 0 Å². The predicted molar refractivity (Wildman–Crippen MR) is 93.2 cm³/mol. The number of rotatable bonds is 5. The molecule has 0 saturated carbocycles. The number of pyridine rings is 1. The van der Waals surface area contributed by atoms with Gasteiger partial charge >= 0.3 is 0 Å². The fourth-order valence-corrected chi connectivity index (χ4v) is 3.46. The molecule has 3 aromatic rings. The van der Waals surface area contributed by atoms with E-state index in [1.807, 2.05) is 0 Å². The van der Waals surface area contributed by atoms with E-state index < -0.39 is 5.56 Å². The number of hydrogen-bond donors (Lipinski definition) is 1. The third-order valence-corrected chi connectivity index (χ3v) is 4.88. The summed E-state index contributed by atoms with van der Waals surface area (Å²) in [5.41, 5.74) is 0.877. The van der Waals surface area contributed by atoms with Crippen LogP contribution in [0, 0.1) is 12.7 Å². The maximum absolute atomic E-state index is 13.2. The normalized spacial score (nSPS) is 10.8. The summed E-state index contributed by atoms with van der Waals surface area (Å²) in [7, 11) is 0. The first-order chi connectivity index (χ1) is 11.9. The third kappa shape index (κ3) is 3.83. The summed E-state index contributed by atoms with van der Waals surface area (Å²) in [6.45, 7) is 1.71. The first-order valence-corrected chi connectivity index (χ1v) is 8.43. The molecule has 5 nitrogen and oxygen atoms in total. The fraction of sp³-hybridized carbons (Fsp3) is 0.167. The molecule has 2 aromatic heterocycles. The zero-order valence-corrected chi connectivity index (χ0v) is 14.2. The summed E-state index contributed by atoms with van der Waals surface area (Å²) >= 11 is 1.13. The van der Waals surface area contributed by atoms with Crippen LogP contribution in [0.5, 0.6) is 5.75 Å². The van der Waals surface area contributed by atoms with Crippen molar-refractivity contribution in [3.05, 3.63) is 74.9 Å². The van der Waals surface area contributed by atoms with Crippen LogP contribution in [0.1, 0.15) is 27.3 Å². The van der Waals surface area contributed by atoms with Crippen molar-refractivity contribution in [2.45, 2.75) is 19.8 Å². The number of halogens is 1. The van der Waals surface area contributed by atoms with Gasteiger partial charge in [0.05, 0.1) is 10.6 Å². The van der Waals surface area contributed by atoms with Crippen LogP contribution in [-0.4, -0.2) is 20.4 Å². The van der Waals surface area contributed by atoms with E-state index in [0.717, 1.165) is 23.0 Å². The smallest absolute Gasteiger partial charge is 0.260 e. The Morgan fingerprint density at radius 2 is 2.12 bits per heavy atom. The number of aromatic nitrogens is 2. The quantitative estimate of drug-likeness (QED) is 0.711. The Morgan fingerprint density at radius 1 is 1.32 bits per heavy atom. The second-order valence-electron chi connectivity index (χ2n) is 5.56. The Kier molecular flexibility index (Phi) is 4.76. The maximum Gasteiger partial charge on any atom is 0.260 e. The number of hydrogen-bond acceptors (Lipinski definition) is 5. The molecule has 3 rings (SSSR count). The highest BCUT2D eigenvalue weighted by Gasteiger charge is 2.17. The fourth-order valence-electron chi connectivity index (χ4n) is 2.43. The Labute approximate surface area is 147 Å². The van der Waals surface area contributed by atoms with E-state index in [9.17, 15) is 19.1 Å². The highest BCUT2D eigenvalue weighted by Crippen LogP contribution is 2.23. The lowest BCUT2D eigenvalue weighted by Crippen LogP contribution is -2.15. The summed E-state index contributed by atoms with van der Waals surface area (Å²) in [5, 5.41) is 9.69. The molecule has 0 bridgehead atoms. The van der Waals surface area contributed by atoms with Crippen LogP contribution < -0.4 is 5.56 Å². The first kappa shape index (κ1) is 17.0. The molecular weight excluding hydrogens is 343 g/mol.